The zero-order valence-electron chi connectivity index (χ0n) is 25.6. The molecule has 1 aromatic heterocycles. The smallest absolute Gasteiger partial charge is 0.305 e. The molecular weight excluding hydrogens is 662 g/mol. The Morgan fingerprint density at radius 2 is 1.42 bits per heavy atom. The highest BCUT2D eigenvalue weighted by Gasteiger charge is 2.31. The third-order valence-corrected chi connectivity index (χ3v) is 6.68. The summed E-state index contributed by atoms with van der Waals surface area (Å²) in [5.41, 5.74) is 0.411. The fourth-order valence-electron chi connectivity index (χ4n) is 3.91. The maximum absolute atomic E-state index is 13.2. The number of ether oxygens (including phenoxy) is 2. The van der Waals surface area contributed by atoms with Crippen molar-refractivity contribution in [1.29, 1.82) is 0 Å². The van der Waals surface area contributed by atoms with Gasteiger partial charge in [0.05, 0.1) is 52.3 Å². The van der Waals surface area contributed by atoms with Crippen LogP contribution in [0.15, 0.2) is 12.5 Å². The highest BCUT2D eigenvalue weighted by molar-refractivity contribution is 7.80. The lowest BCUT2D eigenvalue weighted by molar-refractivity contribution is -0.141. The Bertz CT molecular complexity index is 1280. The van der Waals surface area contributed by atoms with Crippen LogP contribution in [0.2, 0.25) is 0 Å². The van der Waals surface area contributed by atoms with Gasteiger partial charge in [0.25, 0.3) is 0 Å². The molecule has 1 saturated heterocycles. The van der Waals surface area contributed by atoms with Gasteiger partial charge in [-0.15, -0.1) is 0 Å². The first kappa shape index (κ1) is 39.4. The highest BCUT2D eigenvalue weighted by atomic mass is 32.1. The molecule has 48 heavy (non-hydrogen) atoms. The van der Waals surface area contributed by atoms with E-state index in [2.05, 4.69) is 59.8 Å². The van der Waals surface area contributed by atoms with Gasteiger partial charge in [0.2, 0.25) is 41.4 Å². The van der Waals surface area contributed by atoms with Crippen molar-refractivity contribution < 1.29 is 58.0 Å². The van der Waals surface area contributed by atoms with Crippen LogP contribution in [0.1, 0.15) is 12.1 Å². The molecule has 21 nitrogen and oxygen atoms in total. The molecule has 0 saturated carbocycles. The van der Waals surface area contributed by atoms with Crippen LogP contribution in [0.25, 0.3) is 0 Å². The van der Waals surface area contributed by atoms with E-state index in [0.717, 1.165) is 0 Å². The minimum Gasteiger partial charge on any atom is -0.481 e. The molecule has 0 aromatic carbocycles. The maximum atomic E-state index is 13.2. The molecule has 0 radical (unpaired) electrons. The summed E-state index contributed by atoms with van der Waals surface area (Å²) in [5.74, 6) is -7.63. The average molecular weight is 702 g/mol. The molecule has 1 fully saturated rings. The van der Waals surface area contributed by atoms with Crippen molar-refractivity contribution in [3.8, 4) is 0 Å². The standard InChI is InChI=1S/C26H39N9O12S/c36-10-17-23(42)30-8-19(37)29-9-20(38)33-18(12-48)24(43)28-1-2-46-3-4-47-11-21(39)32-15(5-14-7-27-13-31-14)25(44)34-16(6-22(40)41)26(45)35-17/h7,13,15-18,36,48H,1-6,8-12H2,(H,27,31)(H,28,43)(H,29,37)(H,30,42)(H,32,39)(H,33,38)(H,34,44)(H,35,45)(H,40,41)/t15-,16-,17-,18-/m0/s1. The van der Waals surface area contributed by atoms with E-state index in [0.29, 0.717) is 5.69 Å². The van der Waals surface area contributed by atoms with E-state index in [4.69, 9.17) is 9.47 Å². The minimum atomic E-state index is -1.77. The van der Waals surface area contributed by atoms with Crippen molar-refractivity contribution in [2.45, 2.75) is 37.0 Å². The number of nitrogens with zero attached hydrogens (tertiary/aromatic N) is 1. The number of amides is 7. The fraction of sp³-hybridized carbons (Fsp3) is 0.577. The molecule has 1 aliphatic rings. The van der Waals surface area contributed by atoms with Crippen LogP contribution in [-0.4, -0.2) is 150 Å². The monoisotopic (exact) mass is 701 g/mol. The van der Waals surface area contributed by atoms with Crippen molar-refractivity contribution in [1.82, 2.24) is 47.2 Å². The Morgan fingerprint density at radius 3 is 2.08 bits per heavy atom. The molecule has 4 atom stereocenters. The quantitative estimate of drug-likeness (QED) is 0.123. The van der Waals surface area contributed by atoms with E-state index < -0.39 is 104 Å². The second-order valence-corrected chi connectivity index (χ2v) is 10.4. The van der Waals surface area contributed by atoms with E-state index in [-0.39, 0.29) is 38.5 Å². The second-order valence-electron chi connectivity index (χ2n) is 10.1. The number of rotatable bonds is 6. The molecule has 10 N–H and O–H groups in total. The lowest BCUT2D eigenvalue weighted by Gasteiger charge is -2.24. The first-order valence-corrected chi connectivity index (χ1v) is 15.1. The summed E-state index contributed by atoms with van der Waals surface area (Å²) < 4.78 is 10.6. The van der Waals surface area contributed by atoms with E-state index >= 15 is 0 Å². The van der Waals surface area contributed by atoms with Gasteiger partial charge in [0.15, 0.2) is 0 Å². The normalized spacial score (nSPS) is 24.0. The van der Waals surface area contributed by atoms with Crippen LogP contribution in [0.3, 0.4) is 0 Å². The van der Waals surface area contributed by atoms with E-state index in [1.807, 2.05) is 0 Å². The highest BCUT2D eigenvalue weighted by Crippen LogP contribution is 2.03. The predicted octanol–water partition coefficient (Wildman–Crippen LogP) is -6.32. The predicted molar refractivity (Wildman–Crippen MR) is 164 cm³/mol. The number of carbonyl (C=O) groups excluding carboxylic acids is 7. The number of aromatic nitrogens is 2. The van der Waals surface area contributed by atoms with Gasteiger partial charge in [0, 0.05) is 30.6 Å². The number of aromatic amines is 1. The zero-order valence-corrected chi connectivity index (χ0v) is 26.5. The second kappa shape index (κ2) is 21.1. The molecule has 0 spiro atoms. The summed E-state index contributed by atoms with van der Waals surface area (Å²) in [6.07, 6.45) is 1.62. The number of hydrogen-bond donors (Lipinski definition) is 11. The molecule has 2 heterocycles. The third-order valence-electron chi connectivity index (χ3n) is 6.31. The van der Waals surface area contributed by atoms with Crippen molar-refractivity contribution in [3.63, 3.8) is 0 Å². The van der Waals surface area contributed by atoms with Crippen LogP contribution < -0.4 is 37.2 Å². The topological polar surface area (TPSA) is 308 Å². The number of carbonyl (C=O) groups is 8. The number of aliphatic hydroxyl groups excluding tert-OH is 1. The molecule has 0 unspecified atom stereocenters. The number of H-pyrrole nitrogens is 1. The third kappa shape index (κ3) is 14.7. The van der Waals surface area contributed by atoms with Gasteiger partial charge in [-0.05, 0) is 0 Å². The van der Waals surface area contributed by atoms with Crippen LogP contribution in [0.4, 0.5) is 0 Å². The largest absolute Gasteiger partial charge is 0.481 e. The lowest BCUT2D eigenvalue weighted by Crippen LogP contribution is -2.58. The van der Waals surface area contributed by atoms with Crippen LogP contribution >= 0.6 is 12.6 Å². The molecule has 1 aliphatic heterocycles. The van der Waals surface area contributed by atoms with Crippen LogP contribution in [0, 0.1) is 0 Å². The zero-order chi connectivity index (χ0) is 35.5. The van der Waals surface area contributed by atoms with Gasteiger partial charge in [-0.25, -0.2) is 4.98 Å². The number of nitrogens with one attached hydrogen (secondary N) is 8. The van der Waals surface area contributed by atoms with Gasteiger partial charge < -0.3 is 61.9 Å². The van der Waals surface area contributed by atoms with Crippen molar-refractivity contribution >= 4 is 59.9 Å². The molecule has 1 aromatic rings. The Hall–Kier alpha value is -4.80. The summed E-state index contributed by atoms with van der Waals surface area (Å²) in [6, 6.07) is -5.83. The van der Waals surface area contributed by atoms with Crippen molar-refractivity contribution in [2.24, 2.45) is 0 Å². The molecular formula is C26H39N9O12S. The summed E-state index contributed by atoms with van der Waals surface area (Å²) in [6.45, 7) is -2.62. The average Bonchev–Trinajstić information content (AvgIpc) is 3.56. The first-order chi connectivity index (χ1) is 22.9. The van der Waals surface area contributed by atoms with E-state index in [9.17, 15) is 48.6 Å². The van der Waals surface area contributed by atoms with Gasteiger partial charge in [-0.1, -0.05) is 0 Å². The number of hydrogen-bond acceptors (Lipinski definition) is 13. The van der Waals surface area contributed by atoms with Crippen molar-refractivity contribution in [2.75, 3.05) is 58.4 Å². The number of aliphatic carboxylic acids is 1. The summed E-state index contributed by atoms with van der Waals surface area (Å²) in [5, 5.41) is 35.2. The number of aliphatic hydroxyl groups is 1. The first-order valence-electron chi connectivity index (χ1n) is 14.5. The van der Waals surface area contributed by atoms with Gasteiger partial charge in [0.1, 0.15) is 30.8 Å². The fourth-order valence-corrected chi connectivity index (χ4v) is 4.17. The number of imidazole rings is 1. The van der Waals surface area contributed by atoms with Gasteiger partial charge in [-0.3, -0.25) is 38.4 Å². The minimum absolute atomic E-state index is 0.0335. The Labute approximate surface area is 278 Å². The molecule has 0 aliphatic carbocycles. The van der Waals surface area contributed by atoms with Gasteiger partial charge >= 0.3 is 5.97 Å². The summed E-state index contributed by atoms with van der Waals surface area (Å²) in [7, 11) is 0. The Morgan fingerprint density at radius 1 is 0.771 bits per heavy atom. The molecule has 2 rings (SSSR count). The number of carboxylic acid groups (broad SMARTS) is 1. The molecule has 22 heteroatoms. The van der Waals surface area contributed by atoms with Gasteiger partial charge in [-0.2, -0.15) is 12.6 Å². The van der Waals surface area contributed by atoms with E-state index in [1.165, 1.54) is 12.5 Å². The SMILES string of the molecule is O=C(O)C[C@@H]1NC(=O)[C@H](Cc2cnc[nH]2)NC(=O)COCCOCCNC(=O)[C@H](CS)NC(=O)CNC(=O)CNC(=O)[C@H](CO)NC1=O. The molecule has 7 amide bonds. The summed E-state index contributed by atoms with van der Waals surface area (Å²) >= 11 is 4.05. The van der Waals surface area contributed by atoms with Crippen LogP contribution in [-0.2, 0) is 54.3 Å². The number of carboxylic acids is 1. The Kier molecular flexibility index (Phi) is 17.3. The lowest BCUT2D eigenvalue weighted by atomic mass is 10.1. The summed E-state index contributed by atoms with van der Waals surface area (Å²) in [4.78, 5) is 106. The maximum Gasteiger partial charge on any atom is 0.305 e. The van der Waals surface area contributed by atoms with Crippen LogP contribution in [0.5, 0.6) is 0 Å². The van der Waals surface area contributed by atoms with E-state index in [1.54, 1.807) is 0 Å². The molecule has 266 valence electrons. The van der Waals surface area contributed by atoms with Crippen molar-refractivity contribution in [3.05, 3.63) is 18.2 Å². The molecule has 0 bridgehead atoms. The number of thiol groups is 1. The Balaban J connectivity index is 2.20.